The van der Waals surface area contributed by atoms with Gasteiger partial charge >= 0.3 is 0 Å². The highest BCUT2D eigenvalue weighted by Crippen LogP contribution is 2.28. The standard InChI is InChI=1S/C11H17N3O3S2/c1-19(16,17)13-7-10(15)14-5-2-3-9(8-14)11-12-4-6-18-11/h4,6,9,13H,2-3,5,7-8H2,1H3/t9-/m1/s1. The molecule has 1 aromatic heterocycles. The van der Waals surface area contributed by atoms with E-state index in [1.165, 1.54) is 0 Å². The Kier molecular flexibility index (Phi) is 4.54. The second-order valence-electron chi connectivity index (χ2n) is 4.64. The third kappa shape index (κ3) is 4.26. The van der Waals surface area contributed by atoms with Gasteiger partial charge in [0.2, 0.25) is 15.9 Å². The number of thiazole rings is 1. The molecule has 0 bridgehead atoms. The van der Waals surface area contributed by atoms with Crippen LogP contribution in [0.2, 0.25) is 0 Å². The molecule has 1 aliphatic rings. The van der Waals surface area contributed by atoms with E-state index in [2.05, 4.69) is 9.71 Å². The molecule has 0 unspecified atom stereocenters. The van der Waals surface area contributed by atoms with Crippen LogP contribution in [0, 0.1) is 0 Å². The first-order valence-corrected chi connectivity index (χ1v) is 8.84. The maximum Gasteiger partial charge on any atom is 0.237 e. The van der Waals surface area contributed by atoms with E-state index >= 15 is 0 Å². The van der Waals surface area contributed by atoms with Crippen molar-refractivity contribution in [2.75, 3.05) is 25.9 Å². The lowest BCUT2D eigenvalue weighted by molar-refractivity contribution is -0.131. The minimum atomic E-state index is -3.32. The van der Waals surface area contributed by atoms with Crippen molar-refractivity contribution >= 4 is 27.3 Å². The predicted octanol–water partition coefficient (Wildman–Crippen LogP) is 0.398. The normalized spacial score (nSPS) is 20.5. The number of likely N-dealkylation sites (tertiary alicyclic amines) is 1. The molecule has 1 aliphatic heterocycles. The lowest BCUT2D eigenvalue weighted by Gasteiger charge is -2.31. The van der Waals surface area contributed by atoms with E-state index in [0.29, 0.717) is 13.1 Å². The SMILES string of the molecule is CS(=O)(=O)NCC(=O)N1CCC[C@@H](c2nccs2)C1. The predicted molar refractivity (Wildman–Crippen MR) is 73.5 cm³/mol. The van der Waals surface area contributed by atoms with Crippen molar-refractivity contribution in [1.82, 2.24) is 14.6 Å². The number of aromatic nitrogens is 1. The number of rotatable bonds is 4. The smallest absolute Gasteiger partial charge is 0.237 e. The highest BCUT2D eigenvalue weighted by atomic mass is 32.2. The van der Waals surface area contributed by atoms with E-state index in [0.717, 1.165) is 24.1 Å². The van der Waals surface area contributed by atoms with Crippen molar-refractivity contribution in [3.63, 3.8) is 0 Å². The van der Waals surface area contributed by atoms with Crippen LogP contribution in [0.15, 0.2) is 11.6 Å². The molecule has 0 aliphatic carbocycles. The van der Waals surface area contributed by atoms with Crippen molar-refractivity contribution in [1.29, 1.82) is 0 Å². The van der Waals surface area contributed by atoms with Gasteiger partial charge in [-0.2, -0.15) is 0 Å². The van der Waals surface area contributed by atoms with Crippen LogP contribution in [0.3, 0.4) is 0 Å². The maximum atomic E-state index is 11.9. The molecule has 6 nitrogen and oxygen atoms in total. The molecule has 106 valence electrons. The van der Waals surface area contributed by atoms with Gasteiger partial charge < -0.3 is 4.90 Å². The number of nitrogens with zero attached hydrogens (tertiary/aromatic N) is 2. The first-order chi connectivity index (χ1) is 8.96. The molecule has 2 rings (SSSR count). The molecule has 1 fully saturated rings. The zero-order chi connectivity index (χ0) is 13.9. The molecule has 0 saturated carbocycles. The number of piperidine rings is 1. The number of nitrogens with one attached hydrogen (secondary N) is 1. The van der Waals surface area contributed by atoms with E-state index in [4.69, 9.17) is 0 Å². The van der Waals surface area contributed by atoms with E-state index in [9.17, 15) is 13.2 Å². The van der Waals surface area contributed by atoms with Gasteiger partial charge in [-0.05, 0) is 12.8 Å². The van der Waals surface area contributed by atoms with Crippen molar-refractivity contribution in [2.24, 2.45) is 0 Å². The fourth-order valence-electron chi connectivity index (χ4n) is 2.15. The summed E-state index contributed by atoms with van der Waals surface area (Å²) >= 11 is 1.60. The maximum absolute atomic E-state index is 11.9. The van der Waals surface area contributed by atoms with Crippen LogP contribution < -0.4 is 4.72 Å². The van der Waals surface area contributed by atoms with E-state index in [-0.39, 0.29) is 18.4 Å². The van der Waals surface area contributed by atoms with Crippen LogP contribution in [0.4, 0.5) is 0 Å². The summed E-state index contributed by atoms with van der Waals surface area (Å²) in [5.41, 5.74) is 0. The highest BCUT2D eigenvalue weighted by Gasteiger charge is 2.26. The molecular weight excluding hydrogens is 286 g/mol. The topological polar surface area (TPSA) is 79.4 Å². The Morgan fingerprint density at radius 2 is 2.42 bits per heavy atom. The minimum Gasteiger partial charge on any atom is -0.341 e. The fourth-order valence-corrected chi connectivity index (χ4v) is 3.30. The zero-order valence-electron chi connectivity index (χ0n) is 10.7. The van der Waals surface area contributed by atoms with E-state index in [1.807, 2.05) is 5.38 Å². The Labute approximate surface area is 116 Å². The molecule has 0 radical (unpaired) electrons. The summed E-state index contributed by atoms with van der Waals surface area (Å²) in [4.78, 5) is 17.9. The second-order valence-corrected chi connectivity index (χ2v) is 7.40. The van der Waals surface area contributed by atoms with Crippen LogP contribution in [-0.4, -0.2) is 50.1 Å². The first-order valence-electron chi connectivity index (χ1n) is 6.07. The van der Waals surface area contributed by atoms with Crippen LogP contribution in [-0.2, 0) is 14.8 Å². The number of hydrogen-bond donors (Lipinski definition) is 1. The minimum absolute atomic E-state index is 0.163. The lowest BCUT2D eigenvalue weighted by Crippen LogP contribution is -2.44. The van der Waals surface area contributed by atoms with Crippen LogP contribution in [0.1, 0.15) is 23.8 Å². The van der Waals surface area contributed by atoms with Crippen molar-refractivity contribution in [2.45, 2.75) is 18.8 Å². The zero-order valence-corrected chi connectivity index (χ0v) is 12.3. The van der Waals surface area contributed by atoms with E-state index in [1.54, 1.807) is 22.4 Å². The number of amides is 1. The molecule has 0 aromatic carbocycles. The molecule has 8 heteroatoms. The Morgan fingerprint density at radius 3 is 3.05 bits per heavy atom. The molecule has 19 heavy (non-hydrogen) atoms. The third-order valence-electron chi connectivity index (χ3n) is 3.06. The molecule has 1 N–H and O–H groups in total. The van der Waals surface area contributed by atoms with Gasteiger partial charge in [-0.3, -0.25) is 4.79 Å². The Bertz CT molecular complexity index is 527. The lowest BCUT2D eigenvalue weighted by atomic mass is 9.99. The highest BCUT2D eigenvalue weighted by molar-refractivity contribution is 7.88. The number of hydrogen-bond acceptors (Lipinski definition) is 5. The monoisotopic (exact) mass is 303 g/mol. The van der Waals surface area contributed by atoms with Gasteiger partial charge in [0.1, 0.15) is 0 Å². The molecule has 1 aromatic rings. The largest absolute Gasteiger partial charge is 0.341 e. The van der Waals surface area contributed by atoms with Crippen molar-refractivity contribution in [3.05, 3.63) is 16.6 Å². The molecular formula is C11H17N3O3S2. The van der Waals surface area contributed by atoms with Crippen molar-refractivity contribution < 1.29 is 13.2 Å². The van der Waals surface area contributed by atoms with E-state index < -0.39 is 10.0 Å². The van der Waals surface area contributed by atoms with Gasteiger partial charge in [-0.25, -0.2) is 18.1 Å². The second kappa shape index (κ2) is 5.98. The summed E-state index contributed by atoms with van der Waals surface area (Å²) in [6.45, 7) is 1.15. The number of sulfonamides is 1. The number of carbonyl (C=O) groups is 1. The Balaban J connectivity index is 1.92. The Hall–Kier alpha value is -0.990. The molecule has 1 amide bonds. The molecule has 0 spiro atoms. The molecule has 1 atom stereocenters. The van der Waals surface area contributed by atoms with Gasteiger partial charge in [0.25, 0.3) is 0 Å². The van der Waals surface area contributed by atoms with Gasteiger partial charge in [0, 0.05) is 30.6 Å². The summed E-state index contributed by atoms with van der Waals surface area (Å²) in [7, 11) is -3.32. The van der Waals surface area contributed by atoms with Gasteiger partial charge in [-0.15, -0.1) is 11.3 Å². The van der Waals surface area contributed by atoms with Crippen LogP contribution in [0.25, 0.3) is 0 Å². The molecule has 2 heterocycles. The fraction of sp³-hybridized carbons (Fsp3) is 0.636. The third-order valence-corrected chi connectivity index (χ3v) is 4.67. The average Bonchev–Trinajstić information content (AvgIpc) is 2.89. The average molecular weight is 303 g/mol. The first kappa shape index (κ1) is 14.4. The number of carbonyl (C=O) groups excluding carboxylic acids is 1. The van der Waals surface area contributed by atoms with Gasteiger partial charge in [0.15, 0.2) is 0 Å². The van der Waals surface area contributed by atoms with Crippen LogP contribution >= 0.6 is 11.3 Å². The summed E-state index contributed by atoms with van der Waals surface area (Å²) < 4.78 is 24.2. The quantitative estimate of drug-likeness (QED) is 0.873. The van der Waals surface area contributed by atoms with Gasteiger partial charge in [-0.1, -0.05) is 0 Å². The van der Waals surface area contributed by atoms with Crippen molar-refractivity contribution in [3.8, 4) is 0 Å². The summed E-state index contributed by atoms with van der Waals surface area (Å²) in [6, 6.07) is 0. The summed E-state index contributed by atoms with van der Waals surface area (Å²) in [5, 5.41) is 2.98. The summed E-state index contributed by atoms with van der Waals surface area (Å²) in [5.74, 6) is 0.0996. The van der Waals surface area contributed by atoms with Crippen LogP contribution in [0.5, 0.6) is 0 Å². The summed E-state index contributed by atoms with van der Waals surface area (Å²) in [6.07, 6.45) is 4.77. The Morgan fingerprint density at radius 1 is 1.63 bits per heavy atom. The van der Waals surface area contributed by atoms with Gasteiger partial charge in [0.05, 0.1) is 17.8 Å². The molecule has 1 saturated heterocycles.